The van der Waals surface area contributed by atoms with E-state index in [-0.39, 0.29) is 11.8 Å². The van der Waals surface area contributed by atoms with Crippen LogP contribution in [0.2, 0.25) is 0 Å². The molecule has 4 rings (SSSR count). The van der Waals surface area contributed by atoms with Crippen LogP contribution in [0, 0.1) is 12.8 Å². The van der Waals surface area contributed by atoms with E-state index >= 15 is 0 Å². The molecule has 3 aromatic rings. The first kappa shape index (κ1) is 13.9. The van der Waals surface area contributed by atoms with Gasteiger partial charge >= 0.3 is 0 Å². The van der Waals surface area contributed by atoms with E-state index in [0.717, 1.165) is 35.3 Å². The van der Waals surface area contributed by atoms with Gasteiger partial charge in [0, 0.05) is 35.7 Å². The van der Waals surface area contributed by atoms with Crippen molar-refractivity contribution < 1.29 is 4.79 Å². The first-order valence-corrected chi connectivity index (χ1v) is 7.87. The lowest BCUT2D eigenvalue weighted by atomic mass is 9.97. The average Bonchev–Trinajstić information content (AvgIpc) is 2.95. The topological polar surface area (TPSA) is 59.8 Å². The molecule has 116 valence electrons. The molecule has 1 aromatic carbocycles. The molecule has 0 aliphatic carbocycles. The van der Waals surface area contributed by atoms with Crippen LogP contribution in [-0.2, 0) is 17.8 Å². The van der Waals surface area contributed by atoms with Crippen LogP contribution in [-0.4, -0.2) is 20.4 Å². The molecule has 0 bridgehead atoms. The van der Waals surface area contributed by atoms with Crippen molar-refractivity contribution in [2.75, 3.05) is 5.32 Å². The number of aromatic nitrogens is 3. The number of benzene rings is 1. The highest BCUT2D eigenvalue weighted by Gasteiger charge is 2.25. The van der Waals surface area contributed by atoms with E-state index in [1.54, 1.807) is 6.20 Å². The Bertz CT molecular complexity index is 884. The summed E-state index contributed by atoms with van der Waals surface area (Å²) < 4.78 is 2.15. The average molecular weight is 306 g/mol. The maximum Gasteiger partial charge on any atom is 0.229 e. The van der Waals surface area contributed by atoms with Gasteiger partial charge in [-0.25, -0.2) is 4.98 Å². The zero-order chi connectivity index (χ0) is 15.8. The van der Waals surface area contributed by atoms with E-state index in [9.17, 15) is 4.79 Å². The second-order valence-electron chi connectivity index (χ2n) is 6.04. The summed E-state index contributed by atoms with van der Waals surface area (Å²) >= 11 is 0. The largest absolute Gasteiger partial charge is 0.331 e. The van der Waals surface area contributed by atoms with Crippen LogP contribution in [0.4, 0.5) is 5.69 Å². The van der Waals surface area contributed by atoms with E-state index in [1.807, 2.05) is 43.5 Å². The van der Waals surface area contributed by atoms with Crippen LogP contribution in [0.25, 0.3) is 10.9 Å². The molecular formula is C18H18N4O. The second-order valence-corrected chi connectivity index (χ2v) is 6.04. The van der Waals surface area contributed by atoms with Gasteiger partial charge in [-0.1, -0.05) is 6.07 Å². The highest BCUT2D eigenvalue weighted by Crippen LogP contribution is 2.24. The lowest BCUT2D eigenvalue weighted by Crippen LogP contribution is -2.31. The lowest BCUT2D eigenvalue weighted by Gasteiger charge is -2.24. The van der Waals surface area contributed by atoms with Crippen molar-refractivity contribution in [3.8, 4) is 0 Å². The molecule has 1 unspecified atom stereocenters. The number of rotatable bonds is 2. The zero-order valence-corrected chi connectivity index (χ0v) is 13.0. The number of pyridine rings is 1. The van der Waals surface area contributed by atoms with Gasteiger partial charge < -0.3 is 9.88 Å². The van der Waals surface area contributed by atoms with Gasteiger partial charge in [-0.3, -0.25) is 9.78 Å². The fraction of sp³-hybridized carbons (Fsp3) is 0.278. The van der Waals surface area contributed by atoms with Crippen molar-refractivity contribution in [1.82, 2.24) is 14.5 Å². The molecule has 1 aliphatic heterocycles. The molecule has 1 amide bonds. The van der Waals surface area contributed by atoms with Gasteiger partial charge in [-0.2, -0.15) is 0 Å². The zero-order valence-electron chi connectivity index (χ0n) is 13.0. The van der Waals surface area contributed by atoms with Crippen LogP contribution in [0.5, 0.6) is 0 Å². The van der Waals surface area contributed by atoms with Crippen molar-refractivity contribution in [2.24, 2.45) is 5.92 Å². The number of fused-ring (bicyclic) bond motifs is 2. The molecule has 0 spiro atoms. The van der Waals surface area contributed by atoms with Crippen molar-refractivity contribution in [3.05, 3.63) is 54.2 Å². The summed E-state index contributed by atoms with van der Waals surface area (Å²) in [7, 11) is 0. The lowest BCUT2D eigenvalue weighted by molar-refractivity contribution is -0.120. The molecule has 2 aromatic heterocycles. The van der Waals surface area contributed by atoms with E-state index in [0.29, 0.717) is 6.54 Å². The SMILES string of the molecule is Cc1ncc2n1CC(C(=O)Nc1ccc3ncccc3c1)CC2. The number of nitrogens with one attached hydrogen (secondary N) is 1. The molecule has 1 N–H and O–H groups in total. The molecule has 23 heavy (non-hydrogen) atoms. The predicted octanol–water partition coefficient (Wildman–Crippen LogP) is 2.94. The monoisotopic (exact) mass is 306 g/mol. The predicted molar refractivity (Wildman–Crippen MR) is 89.1 cm³/mol. The third-order valence-corrected chi connectivity index (χ3v) is 4.53. The smallest absolute Gasteiger partial charge is 0.229 e. The summed E-state index contributed by atoms with van der Waals surface area (Å²) in [5.74, 6) is 1.04. The van der Waals surface area contributed by atoms with Gasteiger partial charge in [0.25, 0.3) is 0 Å². The minimum Gasteiger partial charge on any atom is -0.331 e. The molecule has 1 atom stereocenters. The van der Waals surface area contributed by atoms with Crippen LogP contribution in [0.1, 0.15) is 17.9 Å². The molecule has 1 aliphatic rings. The van der Waals surface area contributed by atoms with Crippen molar-refractivity contribution in [3.63, 3.8) is 0 Å². The minimum absolute atomic E-state index is 0.0139. The van der Waals surface area contributed by atoms with Gasteiger partial charge in [0.2, 0.25) is 5.91 Å². The summed E-state index contributed by atoms with van der Waals surface area (Å²) in [5, 5.41) is 4.08. The summed E-state index contributed by atoms with van der Waals surface area (Å²) in [6.07, 6.45) is 5.46. The third kappa shape index (κ3) is 2.59. The quantitative estimate of drug-likeness (QED) is 0.792. The van der Waals surface area contributed by atoms with Crippen molar-refractivity contribution in [2.45, 2.75) is 26.3 Å². The van der Waals surface area contributed by atoms with Gasteiger partial charge in [0.05, 0.1) is 11.4 Å². The highest BCUT2D eigenvalue weighted by atomic mass is 16.1. The van der Waals surface area contributed by atoms with Crippen molar-refractivity contribution in [1.29, 1.82) is 0 Å². The molecule has 0 radical (unpaired) electrons. The molecule has 0 saturated heterocycles. The Hall–Kier alpha value is -2.69. The Balaban J connectivity index is 1.52. The number of hydrogen-bond donors (Lipinski definition) is 1. The number of hydrogen-bond acceptors (Lipinski definition) is 3. The Kier molecular flexibility index (Phi) is 3.33. The Morgan fingerprint density at radius 1 is 1.30 bits per heavy atom. The summed E-state index contributed by atoms with van der Waals surface area (Å²) in [6.45, 7) is 2.70. The Labute approximate surface area is 134 Å². The van der Waals surface area contributed by atoms with Gasteiger partial charge in [0.1, 0.15) is 5.82 Å². The third-order valence-electron chi connectivity index (χ3n) is 4.53. The van der Waals surface area contributed by atoms with Gasteiger partial charge in [-0.15, -0.1) is 0 Å². The number of amides is 1. The molecule has 0 saturated carbocycles. The fourth-order valence-electron chi connectivity index (χ4n) is 3.21. The molecule has 5 nitrogen and oxygen atoms in total. The second kappa shape index (κ2) is 5.50. The molecule has 5 heteroatoms. The highest BCUT2D eigenvalue weighted by molar-refractivity contribution is 5.95. The first-order chi connectivity index (χ1) is 11.2. The summed E-state index contributed by atoms with van der Waals surface area (Å²) in [6, 6.07) is 9.71. The normalized spacial score (nSPS) is 17.0. The maximum absolute atomic E-state index is 12.6. The van der Waals surface area contributed by atoms with E-state index in [1.165, 1.54) is 5.69 Å². The number of carbonyl (C=O) groups excluding carboxylic acids is 1. The standard InChI is InChI=1S/C18H18N4O/c1-12-20-10-16-6-4-14(11-22(12)16)18(23)21-15-5-7-17-13(9-15)3-2-8-19-17/h2-3,5,7-10,14H,4,6,11H2,1H3,(H,21,23). The molecular weight excluding hydrogens is 288 g/mol. The van der Waals surface area contributed by atoms with Crippen LogP contribution >= 0.6 is 0 Å². The van der Waals surface area contributed by atoms with Crippen LogP contribution in [0.15, 0.2) is 42.7 Å². The van der Waals surface area contributed by atoms with Crippen molar-refractivity contribution >= 4 is 22.5 Å². The van der Waals surface area contributed by atoms with Gasteiger partial charge in [-0.05, 0) is 44.0 Å². The van der Waals surface area contributed by atoms with E-state index < -0.39 is 0 Å². The fourth-order valence-corrected chi connectivity index (χ4v) is 3.21. The number of anilines is 1. The number of carbonyl (C=O) groups is 1. The number of nitrogens with zero attached hydrogens (tertiary/aromatic N) is 3. The number of aryl methyl sites for hydroxylation is 2. The van der Waals surface area contributed by atoms with Gasteiger partial charge in [0.15, 0.2) is 0 Å². The molecule has 3 heterocycles. The minimum atomic E-state index is -0.0139. The summed E-state index contributed by atoms with van der Waals surface area (Å²) in [4.78, 5) is 21.2. The van der Waals surface area contributed by atoms with E-state index in [2.05, 4.69) is 19.9 Å². The molecule has 0 fully saturated rings. The van der Waals surface area contributed by atoms with Crippen LogP contribution in [0.3, 0.4) is 0 Å². The van der Waals surface area contributed by atoms with E-state index in [4.69, 9.17) is 0 Å². The maximum atomic E-state index is 12.6. The summed E-state index contributed by atoms with van der Waals surface area (Å²) in [5.41, 5.74) is 2.98. The Morgan fingerprint density at radius 2 is 2.22 bits per heavy atom. The number of imidazole rings is 1. The Morgan fingerprint density at radius 3 is 3.13 bits per heavy atom. The first-order valence-electron chi connectivity index (χ1n) is 7.87. The van der Waals surface area contributed by atoms with Crippen LogP contribution < -0.4 is 5.32 Å².